The fourth-order valence-corrected chi connectivity index (χ4v) is 1.76. The van der Waals surface area contributed by atoms with Crippen molar-refractivity contribution in [3.63, 3.8) is 0 Å². The van der Waals surface area contributed by atoms with Gasteiger partial charge in [-0.05, 0) is 33.8 Å². The van der Waals surface area contributed by atoms with E-state index in [4.69, 9.17) is 9.31 Å². The zero-order valence-electron chi connectivity index (χ0n) is 11.2. The first-order valence-electron chi connectivity index (χ1n) is 5.94. The van der Waals surface area contributed by atoms with E-state index < -0.39 is 36.1 Å². The summed E-state index contributed by atoms with van der Waals surface area (Å²) >= 11 is 0. The third-order valence-corrected chi connectivity index (χ3v) is 3.66. The molecular weight excluding hydrogens is 258 g/mol. The minimum atomic E-state index is -2.90. The third kappa shape index (κ3) is 2.37. The molecule has 2 rings (SSSR count). The minimum absolute atomic E-state index is 0.239. The number of aromatic nitrogens is 1. The van der Waals surface area contributed by atoms with E-state index in [0.717, 1.165) is 12.3 Å². The maximum Gasteiger partial charge on any atom is 0.517 e. The van der Waals surface area contributed by atoms with E-state index in [0.29, 0.717) is 0 Å². The van der Waals surface area contributed by atoms with Gasteiger partial charge in [-0.1, -0.05) is 0 Å². The highest BCUT2D eigenvalue weighted by atomic mass is 19.3. The predicted octanol–water partition coefficient (Wildman–Crippen LogP) is 2.46. The summed E-state index contributed by atoms with van der Waals surface area (Å²) in [4.78, 5) is 3.78. The number of rotatable bonds is 2. The lowest BCUT2D eigenvalue weighted by Crippen LogP contribution is -2.41. The van der Waals surface area contributed by atoms with E-state index in [1.54, 1.807) is 27.7 Å². The molecule has 0 atom stereocenters. The van der Waals surface area contributed by atoms with Gasteiger partial charge in [-0.2, -0.15) is 0 Å². The summed E-state index contributed by atoms with van der Waals surface area (Å²) in [6.07, 6.45) is -1.77. The molecular formula is C12H15BF3NO2. The molecule has 104 valence electrons. The van der Waals surface area contributed by atoms with E-state index in [-0.39, 0.29) is 5.59 Å². The summed E-state index contributed by atoms with van der Waals surface area (Å²) in [7, 11) is -1.08. The Morgan fingerprint density at radius 3 is 2.16 bits per heavy atom. The van der Waals surface area contributed by atoms with Gasteiger partial charge in [0.25, 0.3) is 6.43 Å². The second-order valence-corrected chi connectivity index (χ2v) is 5.49. The van der Waals surface area contributed by atoms with Gasteiger partial charge in [0.2, 0.25) is 0 Å². The van der Waals surface area contributed by atoms with Gasteiger partial charge in [0.05, 0.1) is 16.8 Å². The summed E-state index contributed by atoms with van der Waals surface area (Å²) < 4.78 is 50.5. The summed E-state index contributed by atoms with van der Waals surface area (Å²) in [5.74, 6) is -1.07. The van der Waals surface area contributed by atoms with E-state index >= 15 is 0 Å². The second-order valence-electron chi connectivity index (χ2n) is 5.49. The first-order valence-corrected chi connectivity index (χ1v) is 5.94. The van der Waals surface area contributed by atoms with Crippen molar-refractivity contribution in [2.24, 2.45) is 0 Å². The highest BCUT2D eigenvalue weighted by Crippen LogP contribution is 2.36. The van der Waals surface area contributed by atoms with Gasteiger partial charge in [0.1, 0.15) is 11.4 Å². The zero-order chi connectivity index (χ0) is 14.4. The minimum Gasteiger partial charge on any atom is -0.398 e. The molecule has 1 saturated heterocycles. The SMILES string of the molecule is CC1(C)OB(c2nccc(C(F)F)c2F)OC1(C)C. The molecule has 1 aromatic heterocycles. The van der Waals surface area contributed by atoms with Crippen LogP contribution in [-0.2, 0) is 9.31 Å². The Kier molecular flexibility index (Phi) is 3.39. The number of hydrogen-bond acceptors (Lipinski definition) is 3. The molecule has 0 radical (unpaired) electrons. The number of alkyl halides is 2. The fourth-order valence-electron chi connectivity index (χ4n) is 1.76. The van der Waals surface area contributed by atoms with Gasteiger partial charge in [-0.3, -0.25) is 4.98 Å². The van der Waals surface area contributed by atoms with Crippen molar-refractivity contribution in [3.05, 3.63) is 23.6 Å². The van der Waals surface area contributed by atoms with Gasteiger partial charge in [-0.25, -0.2) is 13.2 Å². The average molecular weight is 273 g/mol. The first-order chi connectivity index (χ1) is 8.66. The van der Waals surface area contributed by atoms with Crippen LogP contribution in [0.15, 0.2) is 12.3 Å². The van der Waals surface area contributed by atoms with Crippen molar-refractivity contribution in [3.8, 4) is 0 Å². The zero-order valence-corrected chi connectivity index (χ0v) is 11.2. The molecule has 0 N–H and O–H groups in total. The lowest BCUT2D eigenvalue weighted by molar-refractivity contribution is 0.00578. The van der Waals surface area contributed by atoms with Crippen molar-refractivity contribution >= 4 is 12.7 Å². The van der Waals surface area contributed by atoms with Gasteiger partial charge in [0, 0.05) is 6.20 Å². The number of nitrogens with zero attached hydrogens (tertiary/aromatic N) is 1. The summed E-state index contributed by atoms with van der Waals surface area (Å²) in [5.41, 5.74) is -2.28. The second kappa shape index (κ2) is 4.49. The van der Waals surface area contributed by atoms with Crippen LogP contribution >= 0.6 is 0 Å². The van der Waals surface area contributed by atoms with Crippen molar-refractivity contribution in [1.82, 2.24) is 4.98 Å². The van der Waals surface area contributed by atoms with Crippen LogP contribution in [0.3, 0.4) is 0 Å². The Hall–Kier alpha value is -1.08. The maximum atomic E-state index is 14.0. The molecule has 1 fully saturated rings. The molecule has 0 spiro atoms. The van der Waals surface area contributed by atoms with Crippen molar-refractivity contribution in [2.75, 3.05) is 0 Å². The molecule has 0 amide bonds. The van der Waals surface area contributed by atoms with Crippen molar-refractivity contribution < 1.29 is 22.5 Å². The molecule has 0 aromatic carbocycles. The van der Waals surface area contributed by atoms with Crippen LogP contribution in [-0.4, -0.2) is 23.3 Å². The summed E-state index contributed by atoms with van der Waals surface area (Å²) in [5, 5.41) is 0. The van der Waals surface area contributed by atoms with E-state index in [1.807, 2.05) is 0 Å². The van der Waals surface area contributed by atoms with E-state index in [2.05, 4.69) is 4.98 Å². The van der Waals surface area contributed by atoms with Crippen molar-refractivity contribution in [2.45, 2.75) is 45.3 Å². The van der Waals surface area contributed by atoms with Gasteiger partial charge >= 0.3 is 7.12 Å². The van der Waals surface area contributed by atoms with Crippen molar-refractivity contribution in [1.29, 1.82) is 0 Å². The Bertz CT molecular complexity index is 478. The van der Waals surface area contributed by atoms with E-state index in [9.17, 15) is 13.2 Å². The summed E-state index contributed by atoms with van der Waals surface area (Å²) in [6.45, 7) is 7.17. The van der Waals surface area contributed by atoms with E-state index in [1.165, 1.54) is 0 Å². The van der Waals surface area contributed by atoms with Crippen LogP contribution in [0.2, 0.25) is 0 Å². The van der Waals surface area contributed by atoms with Crippen LogP contribution in [0.4, 0.5) is 13.2 Å². The normalized spacial score (nSPS) is 21.2. The molecule has 1 aromatic rings. The fraction of sp³-hybridized carbons (Fsp3) is 0.583. The molecule has 1 aliphatic rings. The maximum absolute atomic E-state index is 14.0. The monoisotopic (exact) mass is 273 g/mol. The Morgan fingerprint density at radius 2 is 1.68 bits per heavy atom. The predicted molar refractivity (Wildman–Crippen MR) is 64.9 cm³/mol. The Morgan fingerprint density at radius 1 is 1.16 bits per heavy atom. The lowest BCUT2D eigenvalue weighted by Gasteiger charge is -2.32. The summed E-state index contributed by atoms with van der Waals surface area (Å²) in [6, 6.07) is 0.953. The number of pyridine rings is 1. The molecule has 0 bridgehead atoms. The number of halogens is 3. The van der Waals surface area contributed by atoms with Crippen LogP contribution in [0, 0.1) is 5.82 Å². The third-order valence-electron chi connectivity index (χ3n) is 3.66. The average Bonchev–Trinajstić information content (AvgIpc) is 2.47. The molecule has 0 unspecified atom stereocenters. The smallest absolute Gasteiger partial charge is 0.398 e. The highest BCUT2D eigenvalue weighted by Gasteiger charge is 2.53. The largest absolute Gasteiger partial charge is 0.517 e. The molecule has 3 nitrogen and oxygen atoms in total. The quantitative estimate of drug-likeness (QED) is 0.775. The molecule has 1 aliphatic heterocycles. The van der Waals surface area contributed by atoms with Crippen LogP contribution < -0.4 is 5.59 Å². The topological polar surface area (TPSA) is 31.4 Å². The van der Waals surface area contributed by atoms with Gasteiger partial charge in [-0.15, -0.1) is 0 Å². The standard InChI is InChI=1S/C12H15BF3NO2/c1-11(2)12(3,4)19-13(18-11)9-8(14)7(10(15)16)5-6-17-9/h5-6,10H,1-4H3. The molecule has 0 saturated carbocycles. The Balaban J connectivity index is 2.38. The van der Waals surface area contributed by atoms with Crippen LogP contribution in [0.5, 0.6) is 0 Å². The van der Waals surface area contributed by atoms with Crippen LogP contribution in [0.1, 0.15) is 39.7 Å². The molecule has 0 aliphatic carbocycles. The first kappa shape index (κ1) is 14.3. The van der Waals surface area contributed by atoms with Crippen LogP contribution in [0.25, 0.3) is 0 Å². The molecule has 19 heavy (non-hydrogen) atoms. The van der Waals surface area contributed by atoms with Gasteiger partial charge < -0.3 is 9.31 Å². The molecule has 7 heteroatoms. The Labute approximate surface area is 110 Å². The molecule has 2 heterocycles. The highest BCUT2D eigenvalue weighted by molar-refractivity contribution is 6.61. The number of hydrogen-bond donors (Lipinski definition) is 0. The lowest BCUT2D eigenvalue weighted by atomic mass is 9.83. The van der Waals surface area contributed by atoms with Gasteiger partial charge in [0.15, 0.2) is 0 Å².